The van der Waals surface area contributed by atoms with E-state index in [9.17, 15) is 9.18 Å². The van der Waals surface area contributed by atoms with Gasteiger partial charge in [0.05, 0.1) is 25.8 Å². The van der Waals surface area contributed by atoms with E-state index >= 15 is 4.39 Å². The summed E-state index contributed by atoms with van der Waals surface area (Å²) in [5.41, 5.74) is 2.26. The molecule has 0 atom stereocenters. The Labute approximate surface area is 240 Å². The molecule has 4 aromatic rings. The average molecular weight is 583 g/mol. The summed E-state index contributed by atoms with van der Waals surface area (Å²) in [5.74, 6) is -0.699. The summed E-state index contributed by atoms with van der Waals surface area (Å²) in [7, 11) is 0. The molecule has 0 radical (unpaired) electrons. The Kier molecular flexibility index (Phi) is 8.97. The second-order valence-corrected chi connectivity index (χ2v) is 9.74. The molecule has 1 aliphatic heterocycles. The van der Waals surface area contributed by atoms with Gasteiger partial charge in [0.2, 0.25) is 11.8 Å². The minimum absolute atomic E-state index is 0.00681. The summed E-state index contributed by atoms with van der Waals surface area (Å²) in [6.07, 6.45) is 3.07. The summed E-state index contributed by atoms with van der Waals surface area (Å²) in [4.78, 5) is 18.7. The number of halogens is 2. The number of hydrogen-bond acceptors (Lipinski definition) is 8. The van der Waals surface area contributed by atoms with Crippen LogP contribution in [0.5, 0.6) is 17.4 Å². The smallest absolute Gasteiger partial charge is 0.247 e. The third kappa shape index (κ3) is 7.31. The fourth-order valence-electron chi connectivity index (χ4n) is 4.32. The predicted molar refractivity (Wildman–Crippen MR) is 151 cm³/mol. The number of ether oxygens (including phenoxy) is 3. The molecule has 0 spiro atoms. The quantitative estimate of drug-likeness (QED) is 0.285. The summed E-state index contributed by atoms with van der Waals surface area (Å²) < 4.78 is 46.9. The van der Waals surface area contributed by atoms with E-state index in [1.807, 2.05) is 6.92 Å². The first kappa shape index (κ1) is 28.3. The van der Waals surface area contributed by atoms with Crippen LogP contribution in [0.1, 0.15) is 11.1 Å². The molecule has 1 fully saturated rings. The molecule has 10 nitrogen and oxygen atoms in total. The number of carbonyl (C=O) groups excluding carboxylic acids is 1. The van der Waals surface area contributed by atoms with Gasteiger partial charge < -0.3 is 24.8 Å². The lowest BCUT2D eigenvalue weighted by atomic mass is 10.1. The van der Waals surface area contributed by atoms with Crippen molar-refractivity contribution >= 4 is 34.4 Å². The van der Waals surface area contributed by atoms with Crippen molar-refractivity contribution in [1.29, 1.82) is 0 Å². The number of aromatic nitrogens is 3. The maximum Gasteiger partial charge on any atom is 0.247 e. The molecular formula is C28H28F2N6O4S. The van der Waals surface area contributed by atoms with Crippen molar-refractivity contribution in [2.75, 3.05) is 44.8 Å². The zero-order valence-electron chi connectivity index (χ0n) is 22.2. The molecule has 3 heterocycles. The van der Waals surface area contributed by atoms with E-state index < -0.39 is 11.7 Å². The van der Waals surface area contributed by atoms with Crippen LogP contribution in [0.4, 0.5) is 14.5 Å². The maximum absolute atomic E-state index is 15.0. The standard InChI is InChI=1S/C28H28F2N6O4S/c1-18-24(39-13-10-35-8-11-38-12-9-35)16-36-26(18)27(31-17-32-36)40-23-7-6-21(15-22(23)30)33-28(41)34-25(37)14-19-2-4-20(29)5-3-19/h2-7,15-17H,8-14H2,1H3,(H2,33,34,37,41). The Balaban J connectivity index is 1.20. The van der Waals surface area contributed by atoms with Crippen LogP contribution in [-0.2, 0) is 16.0 Å². The van der Waals surface area contributed by atoms with Crippen molar-refractivity contribution in [3.63, 3.8) is 0 Å². The van der Waals surface area contributed by atoms with Crippen LogP contribution in [0, 0.1) is 18.6 Å². The fourth-order valence-corrected chi connectivity index (χ4v) is 4.55. The number of benzene rings is 2. The molecular weight excluding hydrogens is 554 g/mol. The lowest BCUT2D eigenvalue weighted by molar-refractivity contribution is -0.119. The van der Waals surface area contributed by atoms with Crippen molar-refractivity contribution in [1.82, 2.24) is 24.8 Å². The van der Waals surface area contributed by atoms with Crippen LogP contribution in [0.2, 0.25) is 0 Å². The second-order valence-electron chi connectivity index (χ2n) is 9.33. The Morgan fingerprint density at radius 2 is 1.90 bits per heavy atom. The normalized spacial score (nSPS) is 13.6. The molecule has 214 valence electrons. The lowest BCUT2D eigenvalue weighted by Crippen LogP contribution is -2.38. The fraction of sp³-hybridized carbons (Fsp3) is 0.286. The summed E-state index contributed by atoms with van der Waals surface area (Å²) in [6, 6.07) is 9.75. The topological polar surface area (TPSA) is 102 Å². The third-order valence-electron chi connectivity index (χ3n) is 6.44. The lowest BCUT2D eigenvalue weighted by Gasteiger charge is -2.26. The molecule has 0 bridgehead atoms. The number of carbonyl (C=O) groups is 1. The highest BCUT2D eigenvalue weighted by Gasteiger charge is 2.18. The van der Waals surface area contributed by atoms with Crippen molar-refractivity contribution in [3.8, 4) is 17.4 Å². The number of nitrogens with zero attached hydrogens (tertiary/aromatic N) is 4. The van der Waals surface area contributed by atoms with Crippen molar-refractivity contribution in [2.24, 2.45) is 0 Å². The monoisotopic (exact) mass is 582 g/mol. The number of anilines is 1. The summed E-state index contributed by atoms with van der Waals surface area (Å²) in [6.45, 7) is 6.34. The van der Waals surface area contributed by atoms with Crippen LogP contribution in [-0.4, -0.2) is 70.0 Å². The van der Waals surface area contributed by atoms with Crippen molar-refractivity contribution in [3.05, 3.63) is 77.8 Å². The number of rotatable bonds is 9. The number of morpholine rings is 1. The van der Waals surface area contributed by atoms with Crippen LogP contribution in [0.3, 0.4) is 0 Å². The minimum atomic E-state index is -0.668. The highest BCUT2D eigenvalue weighted by atomic mass is 32.1. The zero-order valence-corrected chi connectivity index (χ0v) is 23.0. The van der Waals surface area contributed by atoms with Gasteiger partial charge in [-0.25, -0.2) is 13.3 Å². The number of amides is 1. The van der Waals surface area contributed by atoms with Gasteiger partial charge in [0.25, 0.3) is 0 Å². The number of hydrogen-bond donors (Lipinski definition) is 2. The Morgan fingerprint density at radius 3 is 2.66 bits per heavy atom. The largest absolute Gasteiger partial charge is 0.490 e. The van der Waals surface area contributed by atoms with E-state index in [1.54, 1.807) is 16.8 Å². The second kappa shape index (κ2) is 13.0. The SMILES string of the molecule is Cc1c(OCCN2CCOCC2)cn2ncnc(Oc3ccc(NC(=S)NC(=O)Cc4ccc(F)cc4)cc3F)c12. The van der Waals surface area contributed by atoms with E-state index in [2.05, 4.69) is 25.6 Å². The van der Waals surface area contributed by atoms with Crippen molar-refractivity contribution in [2.45, 2.75) is 13.3 Å². The Bertz CT molecular complexity index is 1540. The molecule has 0 aliphatic carbocycles. The van der Waals surface area contributed by atoms with E-state index in [4.69, 9.17) is 26.4 Å². The number of thiocarbonyl (C=S) groups is 1. The van der Waals surface area contributed by atoms with Gasteiger partial charge in [0.1, 0.15) is 30.0 Å². The average Bonchev–Trinajstić information content (AvgIpc) is 3.28. The number of fused-ring (bicyclic) bond motifs is 1. The Morgan fingerprint density at radius 1 is 1.12 bits per heavy atom. The van der Waals surface area contributed by atoms with E-state index in [0.717, 1.165) is 38.4 Å². The highest BCUT2D eigenvalue weighted by molar-refractivity contribution is 7.80. The van der Waals surface area contributed by atoms with Crippen LogP contribution >= 0.6 is 12.2 Å². The van der Waals surface area contributed by atoms with E-state index in [1.165, 1.54) is 42.7 Å². The first-order valence-corrected chi connectivity index (χ1v) is 13.3. The molecule has 1 aliphatic rings. The first-order chi connectivity index (χ1) is 19.9. The van der Waals surface area contributed by atoms with Gasteiger partial charge in [-0.1, -0.05) is 12.1 Å². The van der Waals surface area contributed by atoms with Crippen LogP contribution in [0.15, 0.2) is 55.0 Å². The Hall–Kier alpha value is -4.20. The van der Waals surface area contributed by atoms with Crippen LogP contribution < -0.4 is 20.1 Å². The van der Waals surface area contributed by atoms with Crippen LogP contribution in [0.25, 0.3) is 5.52 Å². The zero-order chi connectivity index (χ0) is 28.8. The molecule has 0 unspecified atom stereocenters. The highest BCUT2D eigenvalue weighted by Crippen LogP contribution is 2.33. The maximum atomic E-state index is 15.0. The summed E-state index contributed by atoms with van der Waals surface area (Å²) >= 11 is 5.17. The van der Waals surface area contributed by atoms with Gasteiger partial charge in [-0.2, -0.15) is 10.1 Å². The molecule has 0 saturated carbocycles. The van der Waals surface area contributed by atoms with E-state index in [0.29, 0.717) is 29.1 Å². The predicted octanol–water partition coefficient (Wildman–Crippen LogP) is 3.87. The minimum Gasteiger partial charge on any atom is -0.490 e. The molecule has 2 aromatic heterocycles. The van der Waals surface area contributed by atoms with Gasteiger partial charge in [0, 0.05) is 37.0 Å². The molecule has 1 saturated heterocycles. The molecule has 2 N–H and O–H groups in total. The number of aryl methyl sites for hydroxylation is 1. The van der Waals surface area contributed by atoms with Gasteiger partial charge in [0.15, 0.2) is 16.7 Å². The third-order valence-corrected chi connectivity index (χ3v) is 6.65. The molecule has 2 aromatic carbocycles. The van der Waals surface area contributed by atoms with Gasteiger partial charge in [-0.3, -0.25) is 9.69 Å². The van der Waals surface area contributed by atoms with Gasteiger partial charge in [-0.15, -0.1) is 0 Å². The summed E-state index contributed by atoms with van der Waals surface area (Å²) in [5, 5.41) is 9.52. The number of nitrogens with one attached hydrogen (secondary N) is 2. The first-order valence-electron chi connectivity index (χ1n) is 12.9. The van der Waals surface area contributed by atoms with Gasteiger partial charge >= 0.3 is 0 Å². The van der Waals surface area contributed by atoms with Gasteiger partial charge in [-0.05, 0) is 49.0 Å². The molecule has 13 heteroatoms. The van der Waals surface area contributed by atoms with E-state index in [-0.39, 0.29) is 29.0 Å². The molecule has 41 heavy (non-hydrogen) atoms. The van der Waals surface area contributed by atoms with Crippen molar-refractivity contribution < 1.29 is 27.8 Å². The molecule has 1 amide bonds. The molecule has 5 rings (SSSR count).